The number of carbonyl (C=O) groups is 1. The molecular formula is C17H23N3O2S. The van der Waals surface area contributed by atoms with Gasteiger partial charge < -0.3 is 9.73 Å². The molecule has 0 aliphatic rings. The first-order chi connectivity index (χ1) is 11.0. The van der Waals surface area contributed by atoms with Gasteiger partial charge >= 0.3 is 0 Å². The van der Waals surface area contributed by atoms with Crippen molar-refractivity contribution in [2.75, 3.05) is 5.75 Å². The molecule has 6 heteroatoms. The average molecular weight is 333 g/mol. The third kappa shape index (κ3) is 5.10. The molecule has 2 aromatic rings. The molecule has 23 heavy (non-hydrogen) atoms. The number of carbonyl (C=O) groups excluding carboxylic acids is 1. The van der Waals surface area contributed by atoms with Crippen molar-refractivity contribution in [2.45, 2.75) is 51.8 Å². The quantitative estimate of drug-likeness (QED) is 0.782. The number of thioether (sulfide) groups is 1. The summed E-state index contributed by atoms with van der Waals surface area (Å²) < 4.78 is 5.63. The van der Waals surface area contributed by atoms with E-state index in [1.165, 1.54) is 22.9 Å². The van der Waals surface area contributed by atoms with E-state index in [1.54, 1.807) is 0 Å². The summed E-state index contributed by atoms with van der Waals surface area (Å²) in [6.45, 7) is 8.22. The third-order valence-corrected chi connectivity index (χ3v) is 4.43. The molecule has 1 amide bonds. The van der Waals surface area contributed by atoms with Gasteiger partial charge in [-0.2, -0.15) is 0 Å². The Kier molecular flexibility index (Phi) is 6.21. The van der Waals surface area contributed by atoms with Crippen LogP contribution in [0.25, 0.3) is 11.5 Å². The van der Waals surface area contributed by atoms with E-state index in [-0.39, 0.29) is 17.7 Å². The fourth-order valence-electron chi connectivity index (χ4n) is 2.21. The maximum Gasteiger partial charge on any atom is 0.277 e. The van der Waals surface area contributed by atoms with Crippen LogP contribution in [0.2, 0.25) is 0 Å². The highest BCUT2D eigenvalue weighted by molar-refractivity contribution is 7.99. The highest BCUT2D eigenvalue weighted by atomic mass is 32.2. The Labute approximate surface area is 141 Å². The van der Waals surface area contributed by atoms with Gasteiger partial charge in [0.1, 0.15) is 0 Å². The van der Waals surface area contributed by atoms with E-state index in [9.17, 15) is 4.79 Å². The Morgan fingerprint density at radius 1 is 1.30 bits per heavy atom. The second kappa shape index (κ2) is 8.15. The van der Waals surface area contributed by atoms with E-state index < -0.39 is 0 Å². The molecule has 0 fully saturated rings. The molecule has 5 nitrogen and oxygen atoms in total. The van der Waals surface area contributed by atoms with Crippen molar-refractivity contribution in [3.63, 3.8) is 0 Å². The zero-order chi connectivity index (χ0) is 16.8. The van der Waals surface area contributed by atoms with Gasteiger partial charge in [0.15, 0.2) is 0 Å². The van der Waals surface area contributed by atoms with Crippen LogP contribution in [0.5, 0.6) is 0 Å². The molecular weight excluding hydrogens is 310 g/mol. The van der Waals surface area contributed by atoms with E-state index in [1.807, 2.05) is 32.0 Å². The molecule has 0 aliphatic carbocycles. The minimum atomic E-state index is -0.0121. The number of aromatic nitrogens is 2. The minimum absolute atomic E-state index is 0.0121. The Hall–Kier alpha value is -1.82. The standard InChI is InChI=1S/C17H23N3O2S/c1-5-6-13(4)18-15(21)10-23-17-20-19-16(22-17)14-8-7-11(2)12(3)9-14/h7-9,13H,5-6,10H2,1-4H3,(H,18,21)/t13-/m1/s1. The van der Waals surface area contributed by atoms with Gasteiger partial charge in [-0.25, -0.2) is 0 Å². The van der Waals surface area contributed by atoms with Gasteiger partial charge in [-0.3, -0.25) is 4.79 Å². The highest BCUT2D eigenvalue weighted by Gasteiger charge is 2.12. The molecule has 0 aliphatic heterocycles. The van der Waals surface area contributed by atoms with Crippen molar-refractivity contribution in [3.05, 3.63) is 29.3 Å². The second-order valence-corrected chi connectivity index (χ2v) is 6.64. The summed E-state index contributed by atoms with van der Waals surface area (Å²) in [5.74, 6) is 0.750. The summed E-state index contributed by atoms with van der Waals surface area (Å²) >= 11 is 1.26. The summed E-state index contributed by atoms with van der Waals surface area (Å²) in [6, 6.07) is 6.21. The SMILES string of the molecule is CCC[C@@H](C)NC(=O)CSc1nnc(-c2ccc(C)c(C)c2)o1. The van der Waals surface area contributed by atoms with Gasteiger partial charge in [-0.05, 0) is 50.5 Å². The van der Waals surface area contributed by atoms with Crippen LogP contribution in [0.15, 0.2) is 27.8 Å². The maximum atomic E-state index is 11.8. The lowest BCUT2D eigenvalue weighted by atomic mass is 10.1. The molecule has 1 aromatic heterocycles. The van der Waals surface area contributed by atoms with E-state index in [2.05, 4.69) is 29.4 Å². The summed E-state index contributed by atoms with van der Waals surface area (Å²) in [5.41, 5.74) is 3.30. The summed E-state index contributed by atoms with van der Waals surface area (Å²) in [4.78, 5) is 11.8. The fourth-order valence-corrected chi connectivity index (χ4v) is 2.78. The fraction of sp³-hybridized carbons (Fsp3) is 0.471. The Balaban J connectivity index is 1.92. The molecule has 0 spiro atoms. The van der Waals surface area contributed by atoms with Gasteiger partial charge in [0.2, 0.25) is 11.8 Å². The molecule has 1 N–H and O–H groups in total. The number of rotatable bonds is 7. The van der Waals surface area contributed by atoms with Crippen molar-refractivity contribution in [1.82, 2.24) is 15.5 Å². The predicted molar refractivity (Wildman–Crippen MR) is 92.4 cm³/mol. The second-order valence-electron chi connectivity index (χ2n) is 5.72. The van der Waals surface area contributed by atoms with Crippen LogP contribution < -0.4 is 5.32 Å². The summed E-state index contributed by atoms with van der Waals surface area (Å²) in [5, 5.41) is 11.4. The van der Waals surface area contributed by atoms with Crippen LogP contribution in [-0.4, -0.2) is 27.9 Å². The summed E-state index contributed by atoms with van der Waals surface area (Å²) in [7, 11) is 0. The Bertz CT molecular complexity index is 670. The molecule has 0 bridgehead atoms. The first kappa shape index (κ1) is 17.5. The van der Waals surface area contributed by atoms with E-state index in [4.69, 9.17) is 4.42 Å². The topological polar surface area (TPSA) is 68.0 Å². The van der Waals surface area contributed by atoms with Gasteiger partial charge in [0, 0.05) is 11.6 Å². The number of amides is 1. The van der Waals surface area contributed by atoms with Crippen molar-refractivity contribution >= 4 is 17.7 Å². The first-order valence-corrected chi connectivity index (χ1v) is 8.81. The molecule has 1 atom stereocenters. The lowest BCUT2D eigenvalue weighted by Crippen LogP contribution is -2.33. The Morgan fingerprint density at radius 3 is 2.78 bits per heavy atom. The van der Waals surface area contributed by atoms with E-state index in [0.717, 1.165) is 18.4 Å². The van der Waals surface area contributed by atoms with Crippen LogP contribution >= 0.6 is 11.8 Å². The molecule has 1 heterocycles. The molecule has 1 aromatic carbocycles. The largest absolute Gasteiger partial charge is 0.411 e. The monoisotopic (exact) mass is 333 g/mol. The number of benzene rings is 1. The van der Waals surface area contributed by atoms with E-state index >= 15 is 0 Å². The van der Waals surface area contributed by atoms with Crippen molar-refractivity contribution in [3.8, 4) is 11.5 Å². The molecule has 2 rings (SSSR count). The Morgan fingerprint density at radius 2 is 2.09 bits per heavy atom. The smallest absolute Gasteiger partial charge is 0.277 e. The number of nitrogens with one attached hydrogen (secondary N) is 1. The predicted octanol–water partition coefficient (Wildman–Crippen LogP) is 3.75. The molecule has 0 radical (unpaired) electrons. The van der Waals surface area contributed by atoms with Crippen molar-refractivity contribution in [1.29, 1.82) is 0 Å². The van der Waals surface area contributed by atoms with Gasteiger partial charge in [-0.15, -0.1) is 10.2 Å². The third-order valence-electron chi connectivity index (χ3n) is 3.62. The normalized spacial score (nSPS) is 12.2. The number of hydrogen-bond acceptors (Lipinski definition) is 5. The number of aryl methyl sites for hydroxylation is 2. The number of nitrogens with zero attached hydrogens (tertiary/aromatic N) is 2. The molecule has 0 saturated carbocycles. The molecule has 0 unspecified atom stereocenters. The summed E-state index contributed by atoms with van der Waals surface area (Å²) in [6.07, 6.45) is 2.03. The van der Waals surface area contributed by atoms with Gasteiger partial charge in [0.25, 0.3) is 5.22 Å². The highest BCUT2D eigenvalue weighted by Crippen LogP contribution is 2.24. The maximum absolute atomic E-state index is 11.8. The minimum Gasteiger partial charge on any atom is -0.411 e. The van der Waals surface area contributed by atoms with E-state index in [0.29, 0.717) is 11.1 Å². The van der Waals surface area contributed by atoms with Crippen LogP contribution in [-0.2, 0) is 4.79 Å². The first-order valence-electron chi connectivity index (χ1n) is 7.83. The van der Waals surface area contributed by atoms with Crippen LogP contribution in [0.4, 0.5) is 0 Å². The van der Waals surface area contributed by atoms with Crippen molar-refractivity contribution < 1.29 is 9.21 Å². The average Bonchev–Trinajstić information content (AvgIpc) is 2.97. The zero-order valence-electron chi connectivity index (χ0n) is 14.0. The lowest BCUT2D eigenvalue weighted by Gasteiger charge is -2.11. The zero-order valence-corrected chi connectivity index (χ0v) is 14.9. The van der Waals surface area contributed by atoms with Gasteiger partial charge in [-0.1, -0.05) is 31.2 Å². The van der Waals surface area contributed by atoms with Crippen molar-refractivity contribution in [2.24, 2.45) is 0 Å². The number of hydrogen-bond donors (Lipinski definition) is 1. The lowest BCUT2D eigenvalue weighted by molar-refractivity contribution is -0.119. The molecule has 124 valence electrons. The molecule has 0 saturated heterocycles. The van der Waals surface area contributed by atoms with Crippen LogP contribution in [0.1, 0.15) is 37.8 Å². The van der Waals surface area contributed by atoms with Crippen LogP contribution in [0.3, 0.4) is 0 Å². The van der Waals surface area contributed by atoms with Crippen LogP contribution in [0, 0.1) is 13.8 Å². The van der Waals surface area contributed by atoms with Gasteiger partial charge in [0.05, 0.1) is 5.75 Å².